The van der Waals surface area contributed by atoms with Crippen molar-refractivity contribution < 1.29 is 22.7 Å². The van der Waals surface area contributed by atoms with E-state index in [2.05, 4.69) is 5.32 Å². The van der Waals surface area contributed by atoms with Gasteiger partial charge in [0.1, 0.15) is 18.3 Å². The number of carbonyl (C=O) groups excluding carboxylic acids is 2. The Kier molecular flexibility index (Phi) is 11.2. The predicted octanol–water partition coefficient (Wildman–Crippen LogP) is 5.37. The molecule has 0 aliphatic carbocycles. The van der Waals surface area contributed by atoms with E-state index in [4.69, 9.17) is 4.74 Å². The van der Waals surface area contributed by atoms with Crippen LogP contribution >= 0.6 is 0 Å². The van der Waals surface area contributed by atoms with Crippen molar-refractivity contribution in [1.82, 2.24) is 10.2 Å². The number of rotatable bonds is 14. The molecule has 0 saturated carbocycles. The highest BCUT2D eigenvalue weighted by Gasteiger charge is 2.34. The van der Waals surface area contributed by atoms with Gasteiger partial charge < -0.3 is 15.0 Å². The van der Waals surface area contributed by atoms with Gasteiger partial charge in [-0.1, -0.05) is 72.8 Å². The summed E-state index contributed by atoms with van der Waals surface area (Å²) in [6, 6.07) is 30.9. The van der Waals surface area contributed by atoms with Crippen LogP contribution in [0.3, 0.4) is 0 Å². The summed E-state index contributed by atoms with van der Waals surface area (Å²) >= 11 is 0. The van der Waals surface area contributed by atoms with E-state index in [9.17, 15) is 18.0 Å². The fraction of sp³-hybridized carbons (Fsp3) is 0.257. The maximum atomic E-state index is 14.4. The molecule has 4 aromatic rings. The van der Waals surface area contributed by atoms with Gasteiger partial charge in [-0.25, -0.2) is 8.42 Å². The van der Waals surface area contributed by atoms with E-state index in [-0.39, 0.29) is 23.8 Å². The van der Waals surface area contributed by atoms with Crippen LogP contribution in [0.5, 0.6) is 5.75 Å². The fourth-order valence-corrected chi connectivity index (χ4v) is 6.36. The maximum absolute atomic E-state index is 14.4. The number of carbonyl (C=O) groups is 2. The molecule has 2 amide bonds. The number of ether oxygens (including phenoxy) is 1. The standard InChI is InChI=1S/C35H39N3O5S/c1-4-36-35(40)33(24-28-15-8-6-9-16-28)37(25-29-17-13-12-14-27(29)3)34(39)26-38(30-18-10-7-11-19-30)44(41,42)32-22-20-31(21-23-32)43-5-2/h6-23,33H,4-5,24-26H2,1-3H3,(H,36,40)/t33-/m1/s1. The predicted molar refractivity (Wildman–Crippen MR) is 173 cm³/mol. The van der Waals surface area contributed by atoms with Crippen LogP contribution in [0.2, 0.25) is 0 Å². The number of sulfonamides is 1. The second-order valence-electron chi connectivity index (χ2n) is 10.3. The number of nitrogens with zero attached hydrogens (tertiary/aromatic N) is 2. The molecule has 230 valence electrons. The summed E-state index contributed by atoms with van der Waals surface area (Å²) in [5.41, 5.74) is 3.04. The lowest BCUT2D eigenvalue weighted by atomic mass is 10.0. The Morgan fingerprint density at radius 1 is 0.818 bits per heavy atom. The highest BCUT2D eigenvalue weighted by atomic mass is 32.2. The summed E-state index contributed by atoms with van der Waals surface area (Å²) in [5.74, 6) is -0.262. The van der Waals surface area contributed by atoms with Crippen molar-refractivity contribution in [3.63, 3.8) is 0 Å². The molecule has 0 saturated heterocycles. The monoisotopic (exact) mass is 613 g/mol. The zero-order valence-corrected chi connectivity index (χ0v) is 26.2. The number of hydrogen-bond donors (Lipinski definition) is 1. The van der Waals surface area contributed by atoms with Crippen LogP contribution in [0.15, 0.2) is 114 Å². The highest BCUT2D eigenvalue weighted by Crippen LogP contribution is 2.26. The molecular formula is C35H39N3O5S. The second-order valence-corrected chi connectivity index (χ2v) is 12.2. The van der Waals surface area contributed by atoms with Crippen LogP contribution in [0, 0.1) is 6.92 Å². The van der Waals surface area contributed by atoms with Crippen LogP contribution in [0.4, 0.5) is 5.69 Å². The Balaban J connectivity index is 1.77. The molecule has 1 N–H and O–H groups in total. The van der Waals surface area contributed by atoms with Crippen molar-refractivity contribution >= 4 is 27.5 Å². The summed E-state index contributed by atoms with van der Waals surface area (Å²) < 4.78 is 34.8. The maximum Gasteiger partial charge on any atom is 0.264 e. The first kappa shape index (κ1) is 32.3. The van der Waals surface area contributed by atoms with Gasteiger partial charge in [0, 0.05) is 19.5 Å². The normalized spacial score (nSPS) is 11.8. The van der Waals surface area contributed by atoms with E-state index in [0.717, 1.165) is 21.0 Å². The van der Waals surface area contributed by atoms with Gasteiger partial charge in [0.25, 0.3) is 10.0 Å². The number of hydrogen-bond acceptors (Lipinski definition) is 5. The van der Waals surface area contributed by atoms with Crippen LogP contribution in [0.25, 0.3) is 0 Å². The average Bonchev–Trinajstić information content (AvgIpc) is 3.03. The first-order valence-corrected chi connectivity index (χ1v) is 16.1. The smallest absolute Gasteiger partial charge is 0.264 e. The van der Waals surface area contributed by atoms with Crippen LogP contribution in [-0.2, 0) is 32.6 Å². The Hall–Kier alpha value is -4.63. The summed E-state index contributed by atoms with van der Waals surface area (Å²) in [7, 11) is -4.18. The molecule has 0 aliphatic rings. The minimum atomic E-state index is -4.18. The van der Waals surface area contributed by atoms with Crippen LogP contribution in [0.1, 0.15) is 30.5 Å². The largest absolute Gasteiger partial charge is 0.494 e. The van der Waals surface area contributed by atoms with Crippen molar-refractivity contribution in [2.75, 3.05) is 24.0 Å². The van der Waals surface area contributed by atoms with Crippen molar-refractivity contribution in [1.29, 1.82) is 0 Å². The lowest BCUT2D eigenvalue weighted by Crippen LogP contribution is -2.53. The lowest BCUT2D eigenvalue weighted by molar-refractivity contribution is -0.140. The second kappa shape index (κ2) is 15.2. The number of benzene rings is 4. The summed E-state index contributed by atoms with van der Waals surface area (Å²) in [6.45, 7) is 6.08. The van der Waals surface area contributed by atoms with E-state index in [0.29, 0.717) is 24.6 Å². The number of amides is 2. The molecule has 0 heterocycles. The molecule has 4 rings (SSSR count). The van der Waals surface area contributed by atoms with Crippen molar-refractivity contribution in [3.05, 3.63) is 126 Å². The third-order valence-electron chi connectivity index (χ3n) is 7.27. The van der Waals surface area contributed by atoms with Gasteiger partial charge in [0.2, 0.25) is 11.8 Å². The molecule has 0 aromatic heterocycles. The molecular weight excluding hydrogens is 574 g/mol. The van der Waals surface area contributed by atoms with Crippen LogP contribution < -0.4 is 14.4 Å². The number of likely N-dealkylation sites (N-methyl/N-ethyl adjacent to an activating group) is 1. The molecule has 0 spiro atoms. The van der Waals surface area contributed by atoms with E-state index in [1.54, 1.807) is 42.5 Å². The van der Waals surface area contributed by atoms with E-state index in [1.807, 2.05) is 75.4 Å². The number of anilines is 1. The van der Waals surface area contributed by atoms with E-state index >= 15 is 0 Å². The van der Waals surface area contributed by atoms with Gasteiger partial charge in [0.05, 0.1) is 17.2 Å². The van der Waals surface area contributed by atoms with E-state index in [1.165, 1.54) is 17.0 Å². The number of nitrogens with one attached hydrogen (secondary N) is 1. The molecule has 1 atom stereocenters. The fourth-order valence-electron chi connectivity index (χ4n) is 4.94. The third kappa shape index (κ3) is 8.05. The molecule has 8 nitrogen and oxygen atoms in total. The SMILES string of the molecule is CCNC(=O)[C@@H](Cc1ccccc1)N(Cc1ccccc1C)C(=O)CN(c1ccccc1)S(=O)(=O)c1ccc(OCC)cc1. The molecule has 9 heteroatoms. The van der Waals surface area contributed by atoms with Gasteiger partial charge in [0.15, 0.2) is 0 Å². The highest BCUT2D eigenvalue weighted by molar-refractivity contribution is 7.92. The lowest BCUT2D eigenvalue weighted by Gasteiger charge is -2.34. The van der Waals surface area contributed by atoms with Gasteiger partial charge in [-0.3, -0.25) is 13.9 Å². The summed E-state index contributed by atoms with van der Waals surface area (Å²) in [6.07, 6.45) is 0.265. The third-order valence-corrected chi connectivity index (χ3v) is 9.06. The quantitative estimate of drug-likeness (QED) is 0.207. The van der Waals surface area contributed by atoms with Gasteiger partial charge in [-0.2, -0.15) is 0 Å². The minimum absolute atomic E-state index is 0.0209. The molecule has 44 heavy (non-hydrogen) atoms. The minimum Gasteiger partial charge on any atom is -0.494 e. The van der Waals surface area contributed by atoms with Crippen LogP contribution in [-0.4, -0.2) is 50.9 Å². The molecule has 0 fully saturated rings. The van der Waals surface area contributed by atoms with Crippen molar-refractivity contribution in [2.24, 2.45) is 0 Å². The molecule has 4 aromatic carbocycles. The van der Waals surface area contributed by atoms with Crippen molar-refractivity contribution in [2.45, 2.75) is 44.7 Å². The van der Waals surface area contributed by atoms with Gasteiger partial charge in [-0.05, 0) is 73.9 Å². The van der Waals surface area contributed by atoms with Crippen molar-refractivity contribution in [3.8, 4) is 5.75 Å². The zero-order chi connectivity index (χ0) is 31.5. The molecule has 0 bridgehead atoms. The molecule has 0 radical (unpaired) electrons. The van der Waals surface area contributed by atoms with Gasteiger partial charge >= 0.3 is 0 Å². The first-order chi connectivity index (χ1) is 21.2. The topological polar surface area (TPSA) is 96.0 Å². The Bertz CT molecular complexity index is 1630. The summed E-state index contributed by atoms with van der Waals surface area (Å²) in [5, 5.41) is 2.88. The zero-order valence-electron chi connectivity index (χ0n) is 25.3. The molecule has 0 unspecified atom stereocenters. The van der Waals surface area contributed by atoms with Gasteiger partial charge in [-0.15, -0.1) is 0 Å². The number of aryl methyl sites for hydroxylation is 1. The Morgan fingerprint density at radius 2 is 1.43 bits per heavy atom. The van der Waals surface area contributed by atoms with E-state index < -0.39 is 28.5 Å². The Labute approximate surface area is 260 Å². The summed E-state index contributed by atoms with van der Waals surface area (Å²) in [4.78, 5) is 29.5. The molecule has 0 aliphatic heterocycles. The number of para-hydroxylation sites is 1. The first-order valence-electron chi connectivity index (χ1n) is 14.7. The Morgan fingerprint density at radius 3 is 2.05 bits per heavy atom. The average molecular weight is 614 g/mol.